The Bertz CT molecular complexity index is 451. The molecule has 2 rings (SSSR count). The highest BCUT2D eigenvalue weighted by molar-refractivity contribution is 9.11. The number of rotatable bonds is 2. The number of anilines is 1. The van der Waals surface area contributed by atoms with Crippen LogP contribution in [0.15, 0.2) is 27.1 Å². The van der Waals surface area contributed by atoms with E-state index in [9.17, 15) is 4.79 Å². The second kappa shape index (κ2) is 6.17. The van der Waals surface area contributed by atoms with Gasteiger partial charge < -0.3 is 11.1 Å². The van der Waals surface area contributed by atoms with Crippen LogP contribution in [0.1, 0.15) is 25.7 Å². The van der Waals surface area contributed by atoms with E-state index in [2.05, 4.69) is 37.2 Å². The van der Waals surface area contributed by atoms with Crippen LogP contribution in [0.4, 0.5) is 5.69 Å². The molecule has 1 aromatic carbocycles. The normalized spacial score (nSPS) is 23.7. The highest BCUT2D eigenvalue weighted by Gasteiger charge is 2.25. The Labute approximate surface area is 124 Å². The number of amides is 1. The molecule has 1 aliphatic carbocycles. The first kappa shape index (κ1) is 14.0. The van der Waals surface area contributed by atoms with Crippen LogP contribution in [-0.2, 0) is 4.79 Å². The summed E-state index contributed by atoms with van der Waals surface area (Å²) in [6, 6.07) is 5.90. The minimum absolute atomic E-state index is 0.0413. The fraction of sp³-hybridized carbons (Fsp3) is 0.462. The van der Waals surface area contributed by atoms with E-state index < -0.39 is 0 Å². The molecule has 1 aliphatic rings. The summed E-state index contributed by atoms with van der Waals surface area (Å²) in [6.45, 7) is 0. The zero-order valence-electron chi connectivity index (χ0n) is 9.96. The van der Waals surface area contributed by atoms with Crippen molar-refractivity contribution in [1.82, 2.24) is 0 Å². The topological polar surface area (TPSA) is 55.1 Å². The summed E-state index contributed by atoms with van der Waals surface area (Å²) in [4.78, 5) is 12.2. The molecule has 1 saturated carbocycles. The molecule has 0 spiro atoms. The number of nitrogens with one attached hydrogen (secondary N) is 1. The lowest BCUT2D eigenvalue weighted by Crippen LogP contribution is -2.34. The van der Waals surface area contributed by atoms with E-state index in [1.54, 1.807) is 0 Å². The maximum absolute atomic E-state index is 12.2. The minimum atomic E-state index is 0.0413. The van der Waals surface area contributed by atoms with Gasteiger partial charge in [0.25, 0.3) is 0 Å². The SMILES string of the molecule is NC1CCCC(C(=O)Nc2cc(Br)ccc2Br)C1. The van der Waals surface area contributed by atoms with Crippen LogP contribution >= 0.6 is 31.9 Å². The molecule has 0 heterocycles. The Hall–Kier alpha value is -0.390. The van der Waals surface area contributed by atoms with Gasteiger partial charge >= 0.3 is 0 Å². The van der Waals surface area contributed by atoms with Crippen LogP contribution < -0.4 is 11.1 Å². The Morgan fingerprint density at radius 3 is 2.83 bits per heavy atom. The Morgan fingerprint density at radius 1 is 1.33 bits per heavy atom. The van der Waals surface area contributed by atoms with Crippen molar-refractivity contribution in [1.29, 1.82) is 0 Å². The molecule has 5 heteroatoms. The third-order valence-corrected chi connectivity index (χ3v) is 4.46. The van der Waals surface area contributed by atoms with Crippen molar-refractivity contribution in [3.05, 3.63) is 27.1 Å². The van der Waals surface area contributed by atoms with E-state index in [0.29, 0.717) is 0 Å². The molecule has 0 aromatic heterocycles. The molecule has 0 bridgehead atoms. The van der Waals surface area contributed by atoms with Crippen molar-refractivity contribution >= 4 is 43.5 Å². The summed E-state index contributed by atoms with van der Waals surface area (Å²) in [7, 11) is 0. The third-order valence-electron chi connectivity index (χ3n) is 3.27. The molecular formula is C13H16Br2N2O. The quantitative estimate of drug-likeness (QED) is 0.828. The smallest absolute Gasteiger partial charge is 0.227 e. The number of nitrogens with two attached hydrogens (primary N) is 1. The minimum Gasteiger partial charge on any atom is -0.328 e. The van der Waals surface area contributed by atoms with Crippen molar-refractivity contribution in [2.45, 2.75) is 31.7 Å². The first-order valence-electron chi connectivity index (χ1n) is 6.08. The Balaban J connectivity index is 2.04. The molecule has 1 aromatic rings. The van der Waals surface area contributed by atoms with E-state index >= 15 is 0 Å². The van der Waals surface area contributed by atoms with Crippen LogP contribution in [0, 0.1) is 5.92 Å². The van der Waals surface area contributed by atoms with Crippen LogP contribution in [0.25, 0.3) is 0 Å². The Morgan fingerprint density at radius 2 is 2.11 bits per heavy atom. The van der Waals surface area contributed by atoms with E-state index in [4.69, 9.17) is 5.73 Å². The van der Waals surface area contributed by atoms with Crippen molar-refractivity contribution < 1.29 is 4.79 Å². The van der Waals surface area contributed by atoms with Gasteiger partial charge in [0.05, 0.1) is 5.69 Å². The number of hydrogen-bond acceptors (Lipinski definition) is 2. The predicted molar refractivity (Wildman–Crippen MR) is 80.4 cm³/mol. The van der Waals surface area contributed by atoms with Gasteiger partial charge in [0, 0.05) is 20.9 Å². The number of carbonyl (C=O) groups excluding carboxylic acids is 1. The second-order valence-electron chi connectivity index (χ2n) is 4.74. The summed E-state index contributed by atoms with van der Waals surface area (Å²) in [5, 5.41) is 2.97. The zero-order chi connectivity index (χ0) is 13.1. The molecule has 0 radical (unpaired) electrons. The largest absolute Gasteiger partial charge is 0.328 e. The monoisotopic (exact) mass is 374 g/mol. The lowest BCUT2D eigenvalue weighted by molar-refractivity contribution is -0.120. The summed E-state index contributed by atoms with van der Waals surface area (Å²) in [5.41, 5.74) is 6.71. The fourth-order valence-electron chi connectivity index (χ4n) is 2.29. The Kier molecular flexibility index (Phi) is 4.81. The molecular weight excluding hydrogens is 360 g/mol. The molecule has 2 unspecified atom stereocenters. The van der Waals surface area contributed by atoms with Gasteiger partial charge in [-0.15, -0.1) is 0 Å². The van der Waals surface area contributed by atoms with Gasteiger partial charge in [0.2, 0.25) is 5.91 Å². The molecule has 18 heavy (non-hydrogen) atoms. The van der Waals surface area contributed by atoms with Crippen LogP contribution in [0.5, 0.6) is 0 Å². The molecule has 3 nitrogen and oxygen atoms in total. The average molecular weight is 376 g/mol. The summed E-state index contributed by atoms with van der Waals surface area (Å²) in [6.07, 6.45) is 3.80. The van der Waals surface area contributed by atoms with Gasteiger partial charge in [-0.2, -0.15) is 0 Å². The van der Waals surface area contributed by atoms with E-state index in [0.717, 1.165) is 40.3 Å². The fourth-order valence-corrected chi connectivity index (χ4v) is 3.00. The van der Waals surface area contributed by atoms with E-state index in [1.807, 2.05) is 18.2 Å². The van der Waals surface area contributed by atoms with E-state index in [-0.39, 0.29) is 17.9 Å². The van der Waals surface area contributed by atoms with Crippen molar-refractivity contribution in [2.24, 2.45) is 11.7 Å². The summed E-state index contributed by atoms with van der Waals surface area (Å²) < 4.78 is 1.83. The standard InChI is InChI=1S/C13H16Br2N2O/c14-9-4-5-11(15)12(7-9)17-13(18)8-2-1-3-10(16)6-8/h4-5,7-8,10H,1-3,6,16H2,(H,17,18). The number of halogens is 2. The second-order valence-corrected chi connectivity index (χ2v) is 6.51. The highest BCUT2D eigenvalue weighted by atomic mass is 79.9. The molecule has 3 N–H and O–H groups in total. The third kappa shape index (κ3) is 3.56. The zero-order valence-corrected chi connectivity index (χ0v) is 13.1. The number of hydrogen-bond donors (Lipinski definition) is 2. The van der Waals surface area contributed by atoms with Gasteiger partial charge in [-0.25, -0.2) is 0 Å². The van der Waals surface area contributed by atoms with E-state index in [1.165, 1.54) is 0 Å². The number of carbonyl (C=O) groups is 1. The summed E-state index contributed by atoms with van der Waals surface area (Å²) in [5.74, 6) is 0.114. The van der Waals surface area contributed by atoms with Crippen LogP contribution in [0.2, 0.25) is 0 Å². The number of benzene rings is 1. The van der Waals surface area contributed by atoms with Crippen LogP contribution in [0.3, 0.4) is 0 Å². The molecule has 0 aliphatic heterocycles. The average Bonchev–Trinajstić information content (AvgIpc) is 2.34. The molecule has 0 saturated heterocycles. The van der Waals surface area contributed by atoms with Gasteiger partial charge in [0.1, 0.15) is 0 Å². The van der Waals surface area contributed by atoms with Crippen molar-refractivity contribution in [3.8, 4) is 0 Å². The molecule has 98 valence electrons. The van der Waals surface area contributed by atoms with Crippen LogP contribution in [-0.4, -0.2) is 11.9 Å². The molecule has 1 fully saturated rings. The first-order chi connectivity index (χ1) is 8.56. The predicted octanol–water partition coefficient (Wildman–Crippen LogP) is 3.67. The lowest BCUT2D eigenvalue weighted by atomic mass is 9.85. The molecule has 2 atom stereocenters. The van der Waals surface area contributed by atoms with Gasteiger partial charge in [-0.1, -0.05) is 22.4 Å². The maximum atomic E-state index is 12.2. The maximum Gasteiger partial charge on any atom is 0.227 e. The van der Waals surface area contributed by atoms with Gasteiger partial charge in [-0.3, -0.25) is 4.79 Å². The van der Waals surface area contributed by atoms with Gasteiger partial charge in [0.15, 0.2) is 0 Å². The highest BCUT2D eigenvalue weighted by Crippen LogP contribution is 2.29. The van der Waals surface area contributed by atoms with Crippen molar-refractivity contribution in [3.63, 3.8) is 0 Å². The van der Waals surface area contributed by atoms with Gasteiger partial charge in [-0.05, 0) is 53.4 Å². The molecule has 1 amide bonds. The summed E-state index contributed by atoms with van der Waals surface area (Å²) >= 11 is 6.83. The first-order valence-corrected chi connectivity index (χ1v) is 7.66. The lowest BCUT2D eigenvalue weighted by Gasteiger charge is -2.25. The van der Waals surface area contributed by atoms with Crippen molar-refractivity contribution in [2.75, 3.05) is 5.32 Å².